The van der Waals surface area contributed by atoms with E-state index < -0.39 is 12.0 Å². The number of esters is 1. The zero-order chi connectivity index (χ0) is 26.7. The zero-order valence-electron chi connectivity index (χ0n) is 20.5. The lowest BCUT2D eigenvalue weighted by Gasteiger charge is -2.24. The lowest BCUT2D eigenvalue weighted by atomic mass is 9.96. The predicted molar refractivity (Wildman–Crippen MR) is 142 cm³/mol. The van der Waals surface area contributed by atoms with E-state index in [4.69, 9.17) is 25.8 Å². The first-order valence-corrected chi connectivity index (χ1v) is 12.6. The van der Waals surface area contributed by atoms with Gasteiger partial charge in [0, 0.05) is 0 Å². The maximum absolute atomic E-state index is 13.7. The third-order valence-corrected chi connectivity index (χ3v) is 6.92. The quantitative estimate of drug-likeness (QED) is 0.345. The lowest BCUT2D eigenvalue weighted by Crippen LogP contribution is -2.39. The number of halogens is 1. The summed E-state index contributed by atoms with van der Waals surface area (Å²) in [6.45, 7) is 7.64. The number of aromatic nitrogens is 1. The van der Waals surface area contributed by atoms with E-state index in [0.29, 0.717) is 38.5 Å². The second-order valence-corrected chi connectivity index (χ2v) is 9.44. The van der Waals surface area contributed by atoms with Crippen molar-refractivity contribution in [1.82, 2.24) is 4.57 Å². The average molecular weight is 541 g/mol. The van der Waals surface area contributed by atoms with Crippen molar-refractivity contribution in [3.8, 4) is 17.2 Å². The molecule has 192 valence electrons. The van der Waals surface area contributed by atoms with Crippen LogP contribution in [0.3, 0.4) is 0 Å². The van der Waals surface area contributed by atoms with Crippen molar-refractivity contribution in [3.05, 3.63) is 96.2 Å². The summed E-state index contributed by atoms with van der Waals surface area (Å²) in [4.78, 5) is 31.7. The van der Waals surface area contributed by atoms with Crippen molar-refractivity contribution in [3.63, 3.8) is 0 Å². The van der Waals surface area contributed by atoms with Gasteiger partial charge in [0.25, 0.3) is 5.56 Å². The molecule has 0 amide bonds. The smallest absolute Gasteiger partial charge is 0.338 e. The van der Waals surface area contributed by atoms with Gasteiger partial charge in [-0.25, -0.2) is 9.79 Å². The van der Waals surface area contributed by atoms with E-state index in [1.165, 1.54) is 29.1 Å². The fourth-order valence-corrected chi connectivity index (χ4v) is 5.26. The van der Waals surface area contributed by atoms with Gasteiger partial charge in [-0.1, -0.05) is 47.7 Å². The van der Waals surface area contributed by atoms with Gasteiger partial charge in [0.15, 0.2) is 16.3 Å². The summed E-state index contributed by atoms with van der Waals surface area (Å²) in [6.07, 6.45) is 3.29. The van der Waals surface area contributed by atoms with Gasteiger partial charge in [-0.05, 0) is 55.3 Å². The number of fused-ring (bicyclic) bond motifs is 1. The van der Waals surface area contributed by atoms with Gasteiger partial charge in [-0.15, -0.1) is 0 Å². The summed E-state index contributed by atoms with van der Waals surface area (Å²) in [6, 6.07) is 9.53. The number of rotatable bonds is 8. The fraction of sp³-hybridized carbons (Fsp3) is 0.222. The van der Waals surface area contributed by atoms with Crippen molar-refractivity contribution in [2.45, 2.75) is 19.9 Å². The minimum absolute atomic E-state index is 0.0930. The Morgan fingerprint density at radius 1 is 1.30 bits per heavy atom. The van der Waals surface area contributed by atoms with Crippen molar-refractivity contribution in [2.24, 2.45) is 4.99 Å². The van der Waals surface area contributed by atoms with E-state index in [9.17, 15) is 14.7 Å². The molecule has 3 aromatic rings. The molecule has 0 spiro atoms. The first-order valence-electron chi connectivity index (χ1n) is 11.4. The number of aromatic hydroxyl groups is 1. The molecule has 1 N–H and O–H groups in total. The maximum Gasteiger partial charge on any atom is 0.338 e. The fourth-order valence-electron chi connectivity index (χ4n) is 3.99. The third kappa shape index (κ3) is 5.19. The van der Waals surface area contributed by atoms with Gasteiger partial charge in [0.2, 0.25) is 0 Å². The van der Waals surface area contributed by atoms with Crippen molar-refractivity contribution < 1.29 is 24.1 Å². The van der Waals surface area contributed by atoms with E-state index in [1.807, 2.05) is 12.1 Å². The molecule has 0 unspecified atom stereocenters. The molecule has 1 aliphatic heterocycles. The first-order chi connectivity index (χ1) is 17.8. The highest BCUT2D eigenvalue weighted by Gasteiger charge is 2.33. The number of hydrogen-bond acceptors (Lipinski definition) is 8. The van der Waals surface area contributed by atoms with Crippen molar-refractivity contribution in [2.75, 3.05) is 20.3 Å². The summed E-state index contributed by atoms with van der Waals surface area (Å²) < 4.78 is 17.9. The second kappa shape index (κ2) is 11.1. The normalized spacial score (nSPS) is 15.1. The third-order valence-electron chi connectivity index (χ3n) is 5.65. The molecule has 37 heavy (non-hydrogen) atoms. The number of hydrogen-bond donors (Lipinski definition) is 1. The van der Waals surface area contributed by atoms with E-state index in [0.717, 1.165) is 0 Å². The number of carbonyl (C=O) groups is 1. The molecule has 1 aliphatic rings. The molecule has 0 fully saturated rings. The van der Waals surface area contributed by atoms with Crippen LogP contribution in [0.25, 0.3) is 6.08 Å². The molecular weight excluding hydrogens is 516 g/mol. The van der Waals surface area contributed by atoms with Crippen LogP contribution < -0.4 is 24.4 Å². The number of methoxy groups -OCH3 is 1. The SMILES string of the molecule is C=CCOc1ccc([C@@H]2C(C(=O)OCC)=C(C)N=c3s/c(=C\c4cc(Cl)c(O)c(OC)c4)c(=O)n32)cc1. The molecular formula is C27H25ClN2O6S. The monoisotopic (exact) mass is 540 g/mol. The van der Waals surface area contributed by atoms with Gasteiger partial charge in [0.05, 0.1) is 40.6 Å². The largest absolute Gasteiger partial charge is 0.503 e. The van der Waals surface area contributed by atoms with Gasteiger partial charge in [-0.3, -0.25) is 9.36 Å². The highest BCUT2D eigenvalue weighted by molar-refractivity contribution is 7.07. The molecule has 0 bridgehead atoms. The van der Waals surface area contributed by atoms with Crippen LogP contribution in [0.4, 0.5) is 0 Å². The van der Waals surface area contributed by atoms with Crippen LogP contribution in [0.5, 0.6) is 17.2 Å². The number of carbonyl (C=O) groups excluding carboxylic acids is 1. The Bertz CT molecular complexity index is 1570. The molecule has 1 aromatic heterocycles. The number of phenols is 1. The van der Waals surface area contributed by atoms with Crippen LogP contribution in [0.1, 0.15) is 31.0 Å². The van der Waals surface area contributed by atoms with Crippen LogP contribution in [-0.4, -0.2) is 36.0 Å². The summed E-state index contributed by atoms with van der Waals surface area (Å²) in [5, 5.41) is 10.1. The molecule has 0 saturated heterocycles. The van der Waals surface area contributed by atoms with E-state index in [1.54, 1.807) is 44.2 Å². The molecule has 8 nitrogen and oxygen atoms in total. The van der Waals surface area contributed by atoms with E-state index in [-0.39, 0.29) is 34.3 Å². The molecule has 0 saturated carbocycles. The number of benzene rings is 2. The number of allylic oxidation sites excluding steroid dienone is 1. The van der Waals surface area contributed by atoms with Crippen LogP contribution in [0.2, 0.25) is 5.02 Å². The van der Waals surface area contributed by atoms with Crippen LogP contribution in [-0.2, 0) is 9.53 Å². The number of thiazole rings is 1. The molecule has 2 aromatic carbocycles. The van der Waals surface area contributed by atoms with Crippen LogP contribution in [0, 0.1) is 0 Å². The Hall–Kier alpha value is -3.82. The molecule has 2 heterocycles. The molecule has 4 rings (SSSR count). The highest BCUT2D eigenvalue weighted by Crippen LogP contribution is 2.35. The van der Waals surface area contributed by atoms with Crippen LogP contribution >= 0.6 is 22.9 Å². The molecule has 0 aliphatic carbocycles. The summed E-state index contributed by atoms with van der Waals surface area (Å²) in [5.74, 6) is 0.0965. The standard InChI is InChI=1S/C27H25ClN2O6S/c1-5-11-36-18-9-7-17(8-10-18)23-22(26(33)35-6-2)15(3)29-27-30(23)25(32)21(37-27)14-16-12-19(28)24(31)20(13-16)34-4/h5,7-10,12-14,23,31H,1,6,11H2,2-4H3/b21-14-/t23-/m1/s1. The Labute approximate surface area is 222 Å². The Kier molecular flexibility index (Phi) is 7.85. The Morgan fingerprint density at radius 3 is 2.68 bits per heavy atom. The van der Waals surface area contributed by atoms with E-state index in [2.05, 4.69) is 11.6 Å². The topological polar surface area (TPSA) is 99.4 Å². The minimum atomic E-state index is -0.746. The number of nitrogens with zero attached hydrogens (tertiary/aromatic N) is 2. The second-order valence-electron chi connectivity index (χ2n) is 8.02. The maximum atomic E-state index is 13.7. The summed E-state index contributed by atoms with van der Waals surface area (Å²) in [7, 11) is 1.41. The zero-order valence-corrected chi connectivity index (χ0v) is 22.1. The van der Waals surface area contributed by atoms with Gasteiger partial charge >= 0.3 is 5.97 Å². The predicted octanol–water partition coefficient (Wildman–Crippen LogP) is 3.73. The first kappa shape index (κ1) is 26.2. The van der Waals surface area contributed by atoms with Crippen molar-refractivity contribution >= 4 is 35.0 Å². The summed E-state index contributed by atoms with van der Waals surface area (Å²) >= 11 is 7.32. The number of ether oxygens (including phenoxy) is 3. The Balaban J connectivity index is 1.90. The van der Waals surface area contributed by atoms with Gasteiger partial charge in [0.1, 0.15) is 12.4 Å². The molecule has 0 radical (unpaired) electrons. The van der Waals surface area contributed by atoms with Crippen LogP contribution in [0.15, 0.2) is 70.1 Å². The highest BCUT2D eigenvalue weighted by atomic mass is 35.5. The van der Waals surface area contributed by atoms with Gasteiger partial charge < -0.3 is 19.3 Å². The van der Waals surface area contributed by atoms with Crippen molar-refractivity contribution in [1.29, 1.82) is 0 Å². The van der Waals surface area contributed by atoms with E-state index >= 15 is 0 Å². The average Bonchev–Trinajstić information content (AvgIpc) is 3.18. The minimum Gasteiger partial charge on any atom is -0.503 e. The summed E-state index contributed by atoms with van der Waals surface area (Å²) in [5.41, 5.74) is 1.68. The van der Waals surface area contributed by atoms with Gasteiger partial charge in [-0.2, -0.15) is 0 Å². The number of phenolic OH excluding ortho intramolecular Hbond substituents is 1. The molecule has 1 atom stereocenters. The lowest BCUT2D eigenvalue weighted by molar-refractivity contribution is -0.139. The molecule has 10 heteroatoms. The Morgan fingerprint density at radius 2 is 2.03 bits per heavy atom.